The minimum absolute atomic E-state index is 0.0157. The summed E-state index contributed by atoms with van der Waals surface area (Å²) in [7, 11) is 4.02. The standard InChI is InChI=1S/C20H24N2O2/c1-22(2)13-7-12-21-19(23)15-16-8-6-11-18(14-16)20(24)17-9-4-3-5-10-17/h3-6,8-11,14H,7,12-13,15H2,1-2H3,(H,21,23). The van der Waals surface area contributed by atoms with E-state index in [4.69, 9.17) is 0 Å². The van der Waals surface area contributed by atoms with E-state index in [0.717, 1.165) is 18.5 Å². The number of benzene rings is 2. The lowest BCUT2D eigenvalue weighted by Gasteiger charge is -2.10. The lowest BCUT2D eigenvalue weighted by Crippen LogP contribution is -2.28. The number of hydrogen-bond donors (Lipinski definition) is 1. The summed E-state index contributed by atoms with van der Waals surface area (Å²) in [5.41, 5.74) is 2.11. The molecule has 0 atom stereocenters. The van der Waals surface area contributed by atoms with E-state index >= 15 is 0 Å². The molecule has 24 heavy (non-hydrogen) atoms. The number of nitrogens with zero attached hydrogens (tertiary/aromatic N) is 1. The van der Waals surface area contributed by atoms with E-state index in [1.54, 1.807) is 24.3 Å². The van der Waals surface area contributed by atoms with Crippen LogP contribution >= 0.6 is 0 Å². The van der Waals surface area contributed by atoms with Crippen LogP contribution in [0.25, 0.3) is 0 Å². The highest BCUT2D eigenvalue weighted by molar-refractivity contribution is 6.09. The second kappa shape index (κ2) is 8.99. The molecule has 0 saturated carbocycles. The summed E-state index contributed by atoms with van der Waals surface area (Å²) in [5, 5.41) is 2.92. The summed E-state index contributed by atoms with van der Waals surface area (Å²) >= 11 is 0. The molecule has 0 radical (unpaired) electrons. The molecule has 0 spiro atoms. The lowest BCUT2D eigenvalue weighted by atomic mass is 10.0. The van der Waals surface area contributed by atoms with Crippen LogP contribution in [0.5, 0.6) is 0 Å². The predicted molar refractivity (Wildman–Crippen MR) is 96.2 cm³/mol. The van der Waals surface area contributed by atoms with Gasteiger partial charge in [0.1, 0.15) is 0 Å². The van der Waals surface area contributed by atoms with Crippen molar-refractivity contribution in [1.29, 1.82) is 0 Å². The Bertz CT molecular complexity index is 681. The van der Waals surface area contributed by atoms with Crippen LogP contribution < -0.4 is 5.32 Å². The van der Waals surface area contributed by atoms with E-state index in [9.17, 15) is 9.59 Å². The smallest absolute Gasteiger partial charge is 0.224 e. The van der Waals surface area contributed by atoms with Gasteiger partial charge in [-0.3, -0.25) is 9.59 Å². The zero-order chi connectivity index (χ0) is 17.4. The summed E-state index contributed by atoms with van der Waals surface area (Å²) in [6.45, 7) is 1.61. The Hall–Kier alpha value is -2.46. The number of carbonyl (C=O) groups excluding carboxylic acids is 2. The second-order valence-electron chi connectivity index (χ2n) is 6.08. The van der Waals surface area contributed by atoms with Crippen molar-refractivity contribution in [1.82, 2.24) is 10.2 Å². The highest BCUT2D eigenvalue weighted by Gasteiger charge is 2.10. The minimum Gasteiger partial charge on any atom is -0.356 e. The number of hydrogen-bond acceptors (Lipinski definition) is 3. The molecule has 126 valence electrons. The van der Waals surface area contributed by atoms with Gasteiger partial charge in [0, 0.05) is 17.7 Å². The van der Waals surface area contributed by atoms with Gasteiger partial charge in [0.05, 0.1) is 6.42 Å². The zero-order valence-electron chi connectivity index (χ0n) is 14.3. The van der Waals surface area contributed by atoms with Crippen molar-refractivity contribution < 1.29 is 9.59 Å². The Morgan fingerprint density at radius 1 is 0.958 bits per heavy atom. The monoisotopic (exact) mass is 324 g/mol. The molecule has 0 saturated heterocycles. The second-order valence-corrected chi connectivity index (χ2v) is 6.08. The van der Waals surface area contributed by atoms with Gasteiger partial charge < -0.3 is 10.2 Å². The highest BCUT2D eigenvalue weighted by Crippen LogP contribution is 2.12. The van der Waals surface area contributed by atoms with E-state index in [0.29, 0.717) is 17.7 Å². The molecule has 0 fully saturated rings. The number of amides is 1. The van der Waals surface area contributed by atoms with Gasteiger partial charge in [-0.05, 0) is 38.7 Å². The van der Waals surface area contributed by atoms with Crippen molar-refractivity contribution in [3.05, 3.63) is 71.3 Å². The Labute approximate surface area is 143 Å². The topological polar surface area (TPSA) is 49.4 Å². The molecule has 0 bridgehead atoms. The molecule has 1 amide bonds. The molecular weight excluding hydrogens is 300 g/mol. The fourth-order valence-electron chi connectivity index (χ4n) is 2.45. The first kappa shape index (κ1) is 17.9. The third kappa shape index (κ3) is 5.63. The fraction of sp³-hybridized carbons (Fsp3) is 0.300. The molecule has 4 heteroatoms. The minimum atomic E-state index is -0.0242. The molecule has 0 aliphatic carbocycles. The van der Waals surface area contributed by atoms with E-state index < -0.39 is 0 Å². The normalized spacial score (nSPS) is 10.6. The SMILES string of the molecule is CN(C)CCCNC(=O)Cc1cccc(C(=O)c2ccccc2)c1. The number of rotatable bonds is 8. The molecule has 0 unspecified atom stereocenters. The van der Waals surface area contributed by atoms with Crippen molar-refractivity contribution in [3.63, 3.8) is 0 Å². The van der Waals surface area contributed by atoms with E-state index in [2.05, 4.69) is 10.2 Å². The first-order chi connectivity index (χ1) is 11.6. The maximum Gasteiger partial charge on any atom is 0.224 e. The van der Waals surface area contributed by atoms with Crippen LogP contribution in [0.2, 0.25) is 0 Å². The first-order valence-electron chi connectivity index (χ1n) is 8.16. The van der Waals surface area contributed by atoms with Crippen LogP contribution in [0, 0.1) is 0 Å². The van der Waals surface area contributed by atoms with Gasteiger partial charge in [0.15, 0.2) is 5.78 Å². The molecule has 2 rings (SSSR count). The maximum atomic E-state index is 12.5. The van der Waals surface area contributed by atoms with Gasteiger partial charge in [-0.25, -0.2) is 0 Å². The Morgan fingerprint density at radius 2 is 1.67 bits per heavy atom. The Kier molecular flexibility index (Phi) is 6.70. The van der Waals surface area contributed by atoms with E-state index in [1.807, 2.05) is 44.4 Å². The maximum absolute atomic E-state index is 12.5. The number of ketones is 1. The largest absolute Gasteiger partial charge is 0.356 e. The van der Waals surface area contributed by atoms with Crippen molar-refractivity contribution in [3.8, 4) is 0 Å². The van der Waals surface area contributed by atoms with Crippen LogP contribution in [-0.2, 0) is 11.2 Å². The van der Waals surface area contributed by atoms with Crippen molar-refractivity contribution in [2.45, 2.75) is 12.8 Å². The summed E-state index contributed by atoms with van der Waals surface area (Å²) in [6, 6.07) is 16.5. The quantitative estimate of drug-likeness (QED) is 0.600. The van der Waals surface area contributed by atoms with Crippen LogP contribution in [0.1, 0.15) is 27.9 Å². The molecule has 2 aromatic carbocycles. The molecule has 0 heterocycles. The lowest BCUT2D eigenvalue weighted by molar-refractivity contribution is -0.120. The highest BCUT2D eigenvalue weighted by atomic mass is 16.1. The summed E-state index contributed by atoms with van der Waals surface area (Å²) < 4.78 is 0. The fourth-order valence-corrected chi connectivity index (χ4v) is 2.45. The molecule has 0 aliphatic heterocycles. The zero-order valence-corrected chi connectivity index (χ0v) is 14.3. The van der Waals surface area contributed by atoms with Crippen molar-refractivity contribution in [2.24, 2.45) is 0 Å². The molecule has 0 aromatic heterocycles. The Balaban J connectivity index is 1.93. The summed E-state index contributed by atoms with van der Waals surface area (Å²) in [4.78, 5) is 26.5. The molecular formula is C20H24N2O2. The van der Waals surface area contributed by atoms with Gasteiger partial charge in [0.25, 0.3) is 0 Å². The molecule has 0 aliphatic rings. The van der Waals surface area contributed by atoms with Gasteiger partial charge in [-0.1, -0.05) is 48.5 Å². The predicted octanol–water partition coefficient (Wildman–Crippen LogP) is 2.53. The molecule has 2 aromatic rings. The van der Waals surface area contributed by atoms with Gasteiger partial charge in [0.2, 0.25) is 5.91 Å². The average molecular weight is 324 g/mol. The van der Waals surface area contributed by atoms with E-state index in [1.165, 1.54) is 0 Å². The summed E-state index contributed by atoms with van der Waals surface area (Å²) in [5.74, 6) is -0.0399. The van der Waals surface area contributed by atoms with Crippen molar-refractivity contribution in [2.75, 3.05) is 27.2 Å². The van der Waals surface area contributed by atoms with Crippen LogP contribution in [0.15, 0.2) is 54.6 Å². The molecule has 1 N–H and O–H groups in total. The number of nitrogens with one attached hydrogen (secondary N) is 1. The van der Waals surface area contributed by atoms with Gasteiger partial charge >= 0.3 is 0 Å². The third-order valence-corrected chi connectivity index (χ3v) is 3.69. The molecule has 4 nitrogen and oxygen atoms in total. The van der Waals surface area contributed by atoms with Crippen LogP contribution in [-0.4, -0.2) is 43.8 Å². The average Bonchev–Trinajstić information content (AvgIpc) is 2.59. The van der Waals surface area contributed by atoms with Crippen LogP contribution in [0.3, 0.4) is 0 Å². The number of carbonyl (C=O) groups is 2. The van der Waals surface area contributed by atoms with Crippen LogP contribution in [0.4, 0.5) is 0 Å². The first-order valence-corrected chi connectivity index (χ1v) is 8.16. The van der Waals surface area contributed by atoms with E-state index in [-0.39, 0.29) is 18.1 Å². The summed E-state index contributed by atoms with van der Waals surface area (Å²) in [6.07, 6.45) is 1.21. The van der Waals surface area contributed by atoms with Gasteiger partial charge in [-0.2, -0.15) is 0 Å². The van der Waals surface area contributed by atoms with Gasteiger partial charge in [-0.15, -0.1) is 0 Å². The third-order valence-electron chi connectivity index (χ3n) is 3.69. The Morgan fingerprint density at radius 3 is 2.38 bits per heavy atom. The van der Waals surface area contributed by atoms with Crippen molar-refractivity contribution >= 4 is 11.7 Å².